The minimum Gasteiger partial charge on any atom is -0.0775 e. The van der Waals surface area contributed by atoms with Crippen molar-refractivity contribution in [2.24, 2.45) is 23.7 Å². The molecular weight excluding hydrogens is 155 g/mol. The van der Waals surface area contributed by atoms with Crippen molar-refractivity contribution in [1.29, 1.82) is 0 Å². The second kappa shape index (κ2) is 6.51. The summed E-state index contributed by atoms with van der Waals surface area (Å²) in [6.45, 7) is 13.9. The molecule has 0 amide bonds. The lowest BCUT2D eigenvalue weighted by atomic mass is 9.61. The van der Waals surface area contributed by atoms with Crippen LogP contribution in [0.5, 0.6) is 0 Å². The molecule has 0 aromatic rings. The van der Waals surface area contributed by atoms with Crippen molar-refractivity contribution in [2.45, 2.75) is 54.2 Å². The van der Waals surface area contributed by atoms with Crippen LogP contribution in [0.2, 0.25) is 12.6 Å². The van der Waals surface area contributed by atoms with E-state index in [4.69, 9.17) is 0 Å². The van der Waals surface area contributed by atoms with Crippen LogP contribution in [0, 0.1) is 23.7 Å². The molecule has 0 heterocycles. The summed E-state index contributed by atoms with van der Waals surface area (Å²) in [7, 11) is 2.48. The standard InChI is InChI=1S/C12H26B/c1-9(2)11(5)7-13-8-12(6)10(3)4/h9-12H,7-8H2,1-6H3. The topological polar surface area (TPSA) is 0 Å². The average Bonchev–Trinajstić information content (AvgIpc) is 2.03. The Labute approximate surface area is 85.7 Å². The fourth-order valence-corrected chi connectivity index (χ4v) is 1.17. The number of rotatable bonds is 6. The largest absolute Gasteiger partial charge is 0.110 e. The van der Waals surface area contributed by atoms with E-state index in [2.05, 4.69) is 48.8 Å². The second-order valence-electron chi connectivity index (χ2n) is 5.20. The van der Waals surface area contributed by atoms with Gasteiger partial charge < -0.3 is 0 Å². The maximum atomic E-state index is 2.48. The van der Waals surface area contributed by atoms with Gasteiger partial charge >= 0.3 is 0 Å². The Balaban J connectivity index is 3.45. The van der Waals surface area contributed by atoms with Crippen LogP contribution in [0.1, 0.15) is 41.5 Å². The lowest BCUT2D eigenvalue weighted by molar-refractivity contribution is 0.441. The first-order valence-electron chi connectivity index (χ1n) is 5.76. The van der Waals surface area contributed by atoms with Gasteiger partial charge in [0.25, 0.3) is 0 Å². The lowest BCUT2D eigenvalue weighted by Crippen LogP contribution is -2.11. The Morgan fingerprint density at radius 3 is 1.23 bits per heavy atom. The molecule has 0 saturated heterocycles. The molecule has 0 nitrogen and oxygen atoms in total. The van der Waals surface area contributed by atoms with Gasteiger partial charge in [-0.1, -0.05) is 54.2 Å². The van der Waals surface area contributed by atoms with Crippen LogP contribution in [-0.2, 0) is 0 Å². The third-order valence-electron chi connectivity index (χ3n) is 3.35. The molecule has 0 aliphatic carbocycles. The van der Waals surface area contributed by atoms with E-state index in [-0.39, 0.29) is 0 Å². The van der Waals surface area contributed by atoms with Crippen molar-refractivity contribution in [3.63, 3.8) is 0 Å². The number of hydrogen-bond acceptors (Lipinski definition) is 0. The highest BCUT2D eigenvalue weighted by Gasteiger charge is 2.10. The van der Waals surface area contributed by atoms with E-state index in [0.717, 1.165) is 23.7 Å². The van der Waals surface area contributed by atoms with E-state index in [0.29, 0.717) is 0 Å². The minimum atomic E-state index is 0.825. The van der Waals surface area contributed by atoms with Crippen molar-refractivity contribution >= 4 is 7.28 Å². The zero-order valence-corrected chi connectivity index (χ0v) is 10.3. The monoisotopic (exact) mass is 181 g/mol. The van der Waals surface area contributed by atoms with Gasteiger partial charge in [0.15, 0.2) is 0 Å². The third-order valence-corrected chi connectivity index (χ3v) is 3.35. The van der Waals surface area contributed by atoms with Crippen LogP contribution >= 0.6 is 0 Å². The summed E-state index contributed by atoms with van der Waals surface area (Å²) in [5, 5.41) is 0. The molecule has 2 unspecified atom stereocenters. The molecule has 0 bridgehead atoms. The highest BCUT2D eigenvalue weighted by atomic mass is 14.1. The van der Waals surface area contributed by atoms with E-state index >= 15 is 0 Å². The molecule has 0 N–H and O–H groups in total. The summed E-state index contributed by atoms with van der Waals surface area (Å²) >= 11 is 0. The predicted molar refractivity (Wildman–Crippen MR) is 63.4 cm³/mol. The Bertz CT molecular complexity index is 104. The van der Waals surface area contributed by atoms with Gasteiger partial charge in [-0.2, -0.15) is 0 Å². The highest BCUT2D eigenvalue weighted by Crippen LogP contribution is 2.19. The van der Waals surface area contributed by atoms with E-state index in [1.54, 1.807) is 0 Å². The summed E-state index contributed by atoms with van der Waals surface area (Å²) in [6, 6.07) is 0. The van der Waals surface area contributed by atoms with Crippen LogP contribution in [0.4, 0.5) is 0 Å². The van der Waals surface area contributed by atoms with E-state index in [1.807, 2.05) is 0 Å². The quantitative estimate of drug-likeness (QED) is 0.541. The first kappa shape index (κ1) is 13.1. The number of hydrogen-bond donors (Lipinski definition) is 0. The summed E-state index contributed by atoms with van der Waals surface area (Å²) in [6.07, 6.45) is 2.57. The Kier molecular flexibility index (Phi) is 6.54. The molecule has 0 aliphatic heterocycles. The molecule has 0 aliphatic rings. The van der Waals surface area contributed by atoms with Gasteiger partial charge in [-0.15, -0.1) is 0 Å². The average molecular weight is 181 g/mol. The maximum absolute atomic E-state index is 2.48. The molecule has 0 saturated carbocycles. The van der Waals surface area contributed by atoms with Crippen LogP contribution in [0.3, 0.4) is 0 Å². The highest BCUT2D eigenvalue weighted by molar-refractivity contribution is 6.35. The zero-order valence-electron chi connectivity index (χ0n) is 10.3. The molecule has 1 radical (unpaired) electrons. The van der Waals surface area contributed by atoms with Crippen LogP contribution in [-0.4, -0.2) is 7.28 Å². The minimum absolute atomic E-state index is 0.825. The van der Waals surface area contributed by atoms with Gasteiger partial charge in [-0.25, -0.2) is 0 Å². The fraction of sp³-hybridized carbons (Fsp3) is 1.00. The van der Waals surface area contributed by atoms with E-state index < -0.39 is 0 Å². The molecule has 1 heteroatoms. The maximum Gasteiger partial charge on any atom is 0.110 e. The molecule has 77 valence electrons. The summed E-state index contributed by atoms with van der Waals surface area (Å²) < 4.78 is 0. The SMILES string of the molecule is CC(C)C(C)C[B]CC(C)C(C)C. The van der Waals surface area contributed by atoms with Gasteiger partial charge in [0, 0.05) is 0 Å². The first-order chi connectivity index (χ1) is 5.95. The van der Waals surface area contributed by atoms with Crippen molar-refractivity contribution in [3.05, 3.63) is 0 Å². The molecule has 0 rings (SSSR count). The second-order valence-corrected chi connectivity index (χ2v) is 5.20. The van der Waals surface area contributed by atoms with Crippen molar-refractivity contribution in [3.8, 4) is 0 Å². The van der Waals surface area contributed by atoms with Crippen LogP contribution in [0.25, 0.3) is 0 Å². The molecular formula is C12H26B. The summed E-state index contributed by atoms with van der Waals surface area (Å²) in [5.41, 5.74) is 0. The molecule has 2 atom stereocenters. The van der Waals surface area contributed by atoms with Gasteiger partial charge in [-0.3, -0.25) is 0 Å². The third kappa shape index (κ3) is 6.18. The Morgan fingerprint density at radius 1 is 0.692 bits per heavy atom. The Hall–Kier alpha value is 0.0649. The fourth-order valence-electron chi connectivity index (χ4n) is 1.17. The molecule has 13 heavy (non-hydrogen) atoms. The smallest absolute Gasteiger partial charge is 0.0775 e. The molecule has 0 spiro atoms. The predicted octanol–water partition coefficient (Wildman–Crippen LogP) is 4.11. The van der Waals surface area contributed by atoms with Crippen molar-refractivity contribution in [2.75, 3.05) is 0 Å². The molecule has 0 fully saturated rings. The van der Waals surface area contributed by atoms with E-state index in [9.17, 15) is 0 Å². The summed E-state index contributed by atoms with van der Waals surface area (Å²) in [4.78, 5) is 0. The first-order valence-corrected chi connectivity index (χ1v) is 5.76. The van der Waals surface area contributed by atoms with Crippen molar-refractivity contribution < 1.29 is 0 Å². The summed E-state index contributed by atoms with van der Waals surface area (Å²) in [5.74, 6) is 3.34. The van der Waals surface area contributed by atoms with Gasteiger partial charge in [-0.05, 0) is 23.7 Å². The van der Waals surface area contributed by atoms with Crippen molar-refractivity contribution in [1.82, 2.24) is 0 Å². The van der Waals surface area contributed by atoms with Gasteiger partial charge in [0.05, 0.1) is 0 Å². The molecule has 0 aromatic carbocycles. The molecule has 0 aromatic heterocycles. The zero-order chi connectivity index (χ0) is 10.4. The van der Waals surface area contributed by atoms with Gasteiger partial charge in [0.2, 0.25) is 0 Å². The Morgan fingerprint density at radius 2 is 1.00 bits per heavy atom. The van der Waals surface area contributed by atoms with E-state index in [1.165, 1.54) is 12.6 Å². The lowest BCUT2D eigenvalue weighted by Gasteiger charge is -2.18. The van der Waals surface area contributed by atoms with Gasteiger partial charge in [0.1, 0.15) is 7.28 Å². The van der Waals surface area contributed by atoms with Crippen LogP contribution < -0.4 is 0 Å². The van der Waals surface area contributed by atoms with Crippen LogP contribution in [0.15, 0.2) is 0 Å². The normalized spacial score (nSPS) is 16.3.